The molecule has 0 aromatic carbocycles. The van der Waals surface area contributed by atoms with Crippen LogP contribution in [0.3, 0.4) is 0 Å². The Morgan fingerprint density at radius 3 is 2.87 bits per heavy atom. The topological polar surface area (TPSA) is 68.3 Å². The van der Waals surface area contributed by atoms with Gasteiger partial charge in [0, 0.05) is 19.3 Å². The van der Waals surface area contributed by atoms with E-state index in [1.807, 2.05) is 12.1 Å². The van der Waals surface area contributed by atoms with E-state index < -0.39 is 0 Å². The van der Waals surface area contributed by atoms with Crippen molar-refractivity contribution in [3.05, 3.63) is 42.7 Å². The van der Waals surface area contributed by atoms with Crippen molar-refractivity contribution in [2.24, 2.45) is 5.92 Å². The summed E-state index contributed by atoms with van der Waals surface area (Å²) >= 11 is 1.24. The van der Waals surface area contributed by atoms with Crippen LogP contribution in [0.5, 0.6) is 0 Å². The Balaban J connectivity index is 1.98. The number of pyridine rings is 1. The minimum Gasteiger partial charge on any atom is -0.460 e. The van der Waals surface area contributed by atoms with Gasteiger partial charge >= 0.3 is 5.97 Å². The summed E-state index contributed by atoms with van der Waals surface area (Å²) in [5.41, 5.74) is 1.20. The van der Waals surface area contributed by atoms with Gasteiger partial charge in [0.05, 0.1) is 5.37 Å². The zero-order valence-electron chi connectivity index (χ0n) is 13.2. The van der Waals surface area contributed by atoms with Crippen LogP contribution in [0.4, 0.5) is 0 Å². The van der Waals surface area contributed by atoms with Crippen LogP contribution in [0.15, 0.2) is 37.2 Å². The molecule has 1 fully saturated rings. The van der Waals surface area contributed by atoms with Crippen LogP contribution in [0.25, 0.3) is 0 Å². The fourth-order valence-electron chi connectivity index (χ4n) is 2.78. The quantitative estimate of drug-likeness (QED) is 0.610. The third-order valence-electron chi connectivity index (χ3n) is 3.81. The zero-order chi connectivity index (χ0) is 16.7. The van der Waals surface area contributed by atoms with Crippen molar-refractivity contribution < 1.29 is 14.3 Å². The van der Waals surface area contributed by atoms with Crippen molar-refractivity contribution in [2.45, 2.75) is 37.6 Å². The van der Waals surface area contributed by atoms with Gasteiger partial charge in [-0.05, 0) is 42.9 Å². The summed E-state index contributed by atoms with van der Waals surface area (Å²) in [6.07, 6.45) is 7.61. The summed E-state index contributed by atoms with van der Waals surface area (Å²) in [6, 6.07) is 3.60. The predicted molar refractivity (Wildman–Crippen MR) is 90.8 cm³/mol. The van der Waals surface area contributed by atoms with E-state index in [0.29, 0.717) is 0 Å². The molecule has 2 heterocycles. The van der Waals surface area contributed by atoms with Gasteiger partial charge < -0.3 is 4.74 Å². The molecule has 1 saturated heterocycles. The van der Waals surface area contributed by atoms with Gasteiger partial charge in [-0.1, -0.05) is 24.4 Å². The third kappa shape index (κ3) is 5.48. The molecule has 0 bridgehead atoms. The summed E-state index contributed by atoms with van der Waals surface area (Å²) in [7, 11) is 0. The number of esters is 1. The third-order valence-corrected chi connectivity index (χ3v) is 4.76. The molecular formula is C17H22N2O3S. The monoisotopic (exact) mass is 334 g/mol. The van der Waals surface area contributed by atoms with Crippen molar-refractivity contribution in [3.63, 3.8) is 0 Å². The SMILES string of the molecule is C=CCOC(=O)C1NC(SC(C)=O)CC1CCc1ccncc1. The van der Waals surface area contributed by atoms with Crippen LogP contribution >= 0.6 is 11.8 Å². The van der Waals surface area contributed by atoms with E-state index >= 15 is 0 Å². The number of hydrogen-bond acceptors (Lipinski definition) is 6. The molecule has 0 amide bonds. The highest BCUT2D eigenvalue weighted by Crippen LogP contribution is 2.31. The van der Waals surface area contributed by atoms with Crippen LogP contribution < -0.4 is 5.32 Å². The Kier molecular flexibility index (Phi) is 6.80. The Morgan fingerprint density at radius 1 is 1.48 bits per heavy atom. The Morgan fingerprint density at radius 2 is 2.22 bits per heavy atom. The number of ether oxygens (including phenoxy) is 1. The molecule has 0 saturated carbocycles. The van der Waals surface area contributed by atoms with E-state index in [2.05, 4.69) is 16.9 Å². The second kappa shape index (κ2) is 8.84. The summed E-state index contributed by atoms with van der Waals surface area (Å²) in [5, 5.41) is 3.26. The summed E-state index contributed by atoms with van der Waals surface area (Å²) in [6.45, 7) is 5.31. The highest BCUT2D eigenvalue weighted by Gasteiger charge is 2.39. The lowest BCUT2D eigenvalue weighted by Crippen LogP contribution is -2.39. The number of aryl methyl sites for hydroxylation is 1. The van der Waals surface area contributed by atoms with E-state index in [9.17, 15) is 9.59 Å². The number of rotatable bonds is 7. The summed E-state index contributed by atoms with van der Waals surface area (Å²) in [4.78, 5) is 27.6. The number of aromatic nitrogens is 1. The van der Waals surface area contributed by atoms with Gasteiger partial charge in [-0.15, -0.1) is 0 Å². The van der Waals surface area contributed by atoms with E-state index in [0.717, 1.165) is 19.3 Å². The number of thioether (sulfide) groups is 1. The first kappa shape index (κ1) is 17.7. The summed E-state index contributed by atoms with van der Waals surface area (Å²) in [5.74, 6) is -0.117. The molecule has 1 aromatic rings. The lowest BCUT2D eigenvalue weighted by Gasteiger charge is -2.17. The molecule has 1 aliphatic heterocycles. The highest BCUT2D eigenvalue weighted by atomic mass is 32.2. The molecule has 0 aliphatic carbocycles. The number of hydrogen-bond donors (Lipinski definition) is 1. The molecule has 1 aliphatic rings. The van der Waals surface area contributed by atoms with E-state index in [1.165, 1.54) is 17.3 Å². The van der Waals surface area contributed by atoms with Crippen molar-refractivity contribution in [3.8, 4) is 0 Å². The van der Waals surface area contributed by atoms with Crippen molar-refractivity contribution in [1.29, 1.82) is 0 Å². The first-order valence-electron chi connectivity index (χ1n) is 7.70. The number of carbonyl (C=O) groups excluding carboxylic acids is 2. The first-order chi connectivity index (χ1) is 11.1. The van der Waals surface area contributed by atoms with E-state index in [-0.39, 0.29) is 35.0 Å². The smallest absolute Gasteiger partial charge is 0.323 e. The molecule has 2 rings (SSSR count). The average molecular weight is 334 g/mol. The van der Waals surface area contributed by atoms with Crippen LogP contribution in [0.1, 0.15) is 25.3 Å². The molecule has 5 nitrogen and oxygen atoms in total. The van der Waals surface area contributed by atoms with Crippen LogP contribution in [0, 0.1) is 5.92 Å². The normalized spacial score (nSPS) is 23.4. The van der Waals surface area contributed by atoms with Crippen LogP contribution in [0.2, 0.25) is 0 Å². The predicted octanol–water partition coefficient (Wildman–Crippen LogP) is 2.33. The molecule has 0 spiro atoms. The second-order valence-corrected chi connectivity index (χ2v) is 6.93. The van der Waals surface area contributed by atoms with Gasteiger partial charge in [0.1, 0.15) is 12.6 Å². The molecule has 1 aromatic heterocycles. The first-order valence-corrected chi connectivity index (χ1v) is 8.58. The zero-order valence-corrected chi connectivity index (χ0v) is 14.1. The molecule has 6 heteroatoms. The van der Waals surface area contributed by atoms with Gasteiger partial charge in [-0.2, -0.15) is 0 Å². The maximum atomic E-state index is 12.2. The number of nitrogens with one attached hydrogen (secondary N) is 1. The minimum atomic E-state index is -0.367. The Labute approximate surface area is 140 Å². The number of carbonyl (C=O) groups is 2. The lowest BCUT2D eigenvalue weighted by atomic mass is 9.93. The van der Waals surface area contributed by atoms with Gasteiger partial charge in [-0.25, -0.2) is 0 Å². The van der Waals surface area contributed by atoms with E-state index in [1.54, 1.807) is 25.4 Å². The molecule has 3 unspecified atom stereocenters. The maximum Gasteiger partial charge on any atom is 0.323 e. The number of nitrogens with zero attached hydrogens (tertiary/aromatic N) is 1. The van der Waals surface area contributed by atoms with Gasteiger partial charge in [0.2, 0.25) is 0 Å². The van der Waals surface area contributed by atoms with Crippen LogP contribution in [-0.2, 0) is 20.7 Å². The fourth-order valence-corrected chi connectivity index (χ4v) is 3.73. The Bertz CT molecular complexity index is 550. The van der Waals surface area contributed by atoms with Gasteiger partial charge in [0.25, 0.3) is 0 Å². The molecule has 0 radical (unpaired) electrons. The van der Waals surface area contributed by atoms with Crippen molar-refractivity contribution >= 4 is 22.8 Å². The summed E-state index contributed by atoms with van der Waals surface area (Å²) < 4.78 is 5.19. The van der Waals surface area contributed by atoms with Crippen molar-refractivity contribution in [1.82, 2.24) is 10.3 Å². The lowest BCUT2D eigenvalue weighted by molar-refractivity contribution is -0.145. The molecule has 124 valence electrons. The maximum absolute atomic E-state index is 12.2. The average Bonchev–Trinajstić information content (AvgIpc) is 2.93. The molecule has 23 heavy (non-hydrogen) atoms. The molecular weight excluding hydrogens is 312 g/mol. The molecule has 1 N–H and O–H groups in total. The minimum absolute atomic E-state index is 0.0313. The van der Waals surface area contributed by atoms with Crippen molar-refractivity contribution in [2.75, 3.05) is 6.61 Å². The fraction of sp³-hybridized carbons (Fsp3) is 0.471. The second-order valence-electron chi connectivity index (χ2n) is 5.55. The van der Waals surface area contributed by atoms with Gasteiger partial charge in [0.15, 0.2) is 5.12 Å². The largest absolute Gasteiger partial charge is 0.460 e. The van der Waals surface area contributed by atoms with Gasteiger partial charge in [-0.3, -0.25) is 19.9 Å². The Hall–Kier alpha value is -1.66. The van der Waals surface area contributed by atoms with Crippen LogP contribution in [-0.4, -0.2) is 34.1 Å². The van der Waals surface area contributed by atoms with E-state index in [4.69, 9.17) is 4.74 Å². The highest BCUT2D eigenvalue weighted by molar-refractivity contribution is 8.14. The standard InChI is InChI=1S/C17H22N2O3S/c1-3-10-22-17(21)16-14(11-15(19-16)23-12(2)20)5-4-13-6-8-18-9-7-13/h3,6-9,14-16,19H,1,4-5,10-11H2,2H3. The molecule has 3 atom stereocenters.